The molecular weight excluding hydrogens is 284 g/mol. The van der Waals surface area contributed by atoms with E-state index in [1.54, 1.807) is 6.92 Å². The number of aromatic nitrogens is 1. The van der Waals surface area contributed by atoms with Gasteiger partial charge in [-0.25, -0.2) is 8.42 Å². The molecule has 112 valence electrons. The largest absolute Gasteiger partial charge is 0.394 e. The van der Waals surface area contributed by atoms with Crippen molar-refractivity contribution in [1.82, 2.24) is 9.29 Å². The van der Waals surface area contributed by atoms with E-state index >= 15 is 0 Å². The van der Waals surface area contributed by atoms with Gasteiger partial charge < -0.3 is 15.3 Å². The normalized spacial score (nSPS) is 24.6. The van der Waals surface area contributed by atoms with Crippen LogP contribution in [0.3, 0.4) is 0 Å². The third-order valence-electron chi connectivity index (χ3n) is 3.05. The molecule has 2 unspecified atom stereocenters. The first kappa shape index (κ1) is 15.1. The van der Waals surface area contributed by atoms with Gasteiger partial charge in [-0.3, -0.25) is 10.8 Å². The first-order valence-electron chi connectivity index (χ1n) is 6.16. The smallest absolute Gasteiger partial charge is 0.246 e. The summed E-state index contributed by atoms with van der Waals surface area (Å²) in [4.78, 5) is 3.84. The molecule has 0 saturated carbocycles. The van der Waals surface area contributed by atoms with Crippen LogP contribution in [0.15, 0.2) is 23.4 Å². The molecule has 1 aliphatic rings. The number of hydrogen-bond donors (Lipinski definition) is 3. The Bertz CT molecular complexity index is 565. The molecule has 0 spiro atoms. The molecule has 0 bridgehead atoms. The minimum absolute atomic E-state index is 0.00768. The standard InChI is InChI=1S/C11H18N4O4S/c1-8-5-15(6-9(7-16)19-8)20(17,18)11-4-13-3-2-10(11)14-12/h2-4,8-9,16H,5-7,12H2,1H3,(H,13,14). The first-order chi connectivity index (χ1) is 9.48. The van der Waals surface area contributed by atoms with Gasteiger partial charge in [0.2, 0.25) is 10.0 Å². The number of pyridine rings is 1. The predicted octanol–water partition coefficient (Wildman–Crippen LogP) is -0.862. The van der Waals surface area contributed by atoms with E-state index in [0.29, 0.717) is 0 Å². The van der Waals surface area contributed by atoms with Crippen LogP contribution in [0.2, 0.25) is 0 Å². The van der Waals surface area contributed by atoms with E-state index in [-0.39, 0.29) is 36.4 Å². The number of hydrazine groups is 1. The molecule has 20 heavy (non-hydrogen) atoms. The molecule has 0 radical (unpaired) electrons. The van der Waals surface area contributed by atoms with Crippen molar-refractivity contribution in [2.75, 3.05) is 25.1 Å². The Labute approximate surface area is 117 Å². The molecule has 1 aliphatic heterocycles. The van der Waals surface area contributed by atoms with E-state index in [1.807, 2.05) is 0 Å². The highest BCUT2D eigenvalue weighted by Gasteiger charge is 2.34. The lowest BCUT2D eigenvalue weighted by Crippen LogP contribution is -2.50. The molecule has 0 aliphatic carbocycles. The predicted molar refractivity (Wildman–Crippen MR) is 72.2 cm³/mol. The summed E-state index contributed by atoms with van der Waals surface area (Å²) in [6.07, 6.45) is 1.88. The number of nitrogens with zero attached hydrogens (tertiary/aromatic N) is 2. The van der Waals surface area contributed by atoms with E-state index in [2.05, 4.69) is 10.4 Å². The summed E-state index contributed by atoms with van der Waals surface area (Å²) in [7, 11) is -3.74. The fraction of sp³-hybridized carbons (Fsp3) is 0.545. The number of aliphatic hydroxyl groups is 1. The maximum absolute atomic E-state index is 12.6. The molecule has 0 aromatic carbocycles. The van der Waals surface area contributed by atoms with Crippen molar-refractivity contribution in [2.24, 2.45) is 5.84 Å². The van der Waals surface area contributed by atoms with Crippen LogP contribution in [0.25, 0.3) is 0 Å². The summed E-state index contributed by atoms with van der Waals surface area (Å²) in [6.45, 7) is 1.85. The summed E-state index contributed by atoms with van der Waals surface area (Å²) in [5.74, 6) is 5.33. The van der Waals surface area contributed by atoms with Crippen LogP contribution in [0.5, 0.6) is 0 Å². The fourth-order valence-corrected chi connectivity index (χ4v) is 3.79. The SMILES string of the molecule is CC1CN(S(=O)(=O)c2cnccc2NN)CC(CO)O1. The Hall–Kier alpha value is -1.26. The van der Waals surface area contributed by atoms with E-state index in [1.165, 1.54) is 22.8 Å². The minimum atomic E-state index is -3.74. The molecule has 8 nitrogen and oxygen atoms in total. The number of aliphatic hydroxyl groups excluding tert-OH is 1. The van der Waals surface area contributed by atoms with Crippen LogP contribution in [-0.2, 0) is 14.8 Å². The monoisotopic (exact) mass is 302 g/mol. The van der Waals surface area contributed by atoms with Crippen LogP contribution in [-0.4, -0.2) is 54.7 Å². The number of hydrogen-bond acceptors (Lipinski definition) is 7. The highest BCUT2D eigenvalue weighted by molar-refractivity contribution is 7.89. The van der Waals surface area contributed by atoms with Gasteiger partial charge in [0.1, 0.15) is 4.90 Å². The van der Waals surface area contributed by atoms with Gasteiger partial charge in [-0.1, -0.05) is 0 Å². The number of morpholine rings is 1. The number of ether oxygens (including phenoxy) is 1. The van der Waals surface area contributed by atoms with Crippen molar-refractivity contribution >= 4 is 15.7 Å². The molecule has 1 fully saturated rings. The summed E-state index contributed by atoms with van der Waals surface area (Å²) < 4.78 is 32.0. The third kappa shape index (κ3) is 2.91. The van der Waals surface area contributed by atoms with Gasteiger partial charge in [0.15, 0.2) is 0 Å². The number of nitrogens with two attached hydrogens (primary N) is 1. The second kappa shape index (κ2) is 6.02. The lowest BCUT2D eigenvalue weighted by molar-refractivity contribution is -0.0750. The maximum atomic E-state index is 12.6. The van der Waals surface area contributed by atoms with E-state index in [0.717, 1.165) is 0 Å². The average Bonchev–Trinajstić information content (AvgIpc) is 2.46. The molecule has 2 atom stereocenters. The summed E-state index contributed by atoms with van der Waals surface area (Å²) >= 11 is 0. The van der Waals surface area contributed by atoms with Crippen molar-refractivity contribution in [1.29, 1.82) is 0 Å². The van der Waals surface area contributed by atoms with Gasteiger partial charge in [0.25, 0.3) is 0 Å². The number of anilines is 1. The van der Waals surface area contributed by atoms with Crippen molar-refractivity contribution in [2.45, 2.75) is 24.0 Å². The van der Waals surface area contributed by atoms with Gasteiger partial charge in [-0.2, -0.15) is 4.31 Å². The van der Waals surface area contributed by atoms with Crippen LogP contribution in [0.1, 0.15) is 6.92 Å². The quantitative estimate of drug-likeness (QED) is 0.489. The summed E-state index contributed by atoms with van der Waals surface area (Å²) in [6, 6.07) is 1.49. The number of sulfonamides is 1. The average molecular weight is 302 g/mol. The first-order valence-corrected chi connectivity index (χ1v) is 7.60. The zero-order chi connectivity index (χ0) is 14.8. The number of rotatable bonds is 4. The topological polar surface area (TPSA) is 118 Å². The van der Waals surface area contributed by atoms with Crippen molar-refractivity contribution in [3.8, 4) is 0 Å². The zero-order valence-corrected chi connectivity index (χ0v) is 11.9. The Kier molecular flexibility index (Phi) is 4.55. The van der Waals surface area contributed by atoms with Gasteiger partial charge in [0.05, 0.1) is 24.5 Å². The van der Waals surface area contributed by atoms with Gasteiger partial charge in [0, 0.05) is 25.5 Å². The maximum Gasteiger partial charge on any atom is 0.246 e. The van der Waals surface area contributed by atoms with Crippen molar-refractivity contribution in [3.63, 3.8) is 0 Å². The Morgan fingerprint density at radius 3 is 3.00 bits per heavy atom. The van der Waals surface area contributed by atoms with Gasteiger partial charge >= 0.3 is 0 Å². The van der Waals surface area contributed by atoms with E-state index in [9.17, 15) is 13.5 Å². The lowest BCUT2D eigenvalue weighted by Gasteiger charge is -2.35. The van der Waals surface area contributed by atoms with Crippen LogP contribution < -0.4 is 11.3 Å². The van der Waals surface area contributed by atoms with Crippen LogP contribution in [0.4, 0.5) is 5.69 Å². The number of nitrogens with one attached hydrogen (secondary N) is 1. The molecular formula is C11H18N4O4S. The van der Waals surface area contributed by atoms with E-state index < -0.39 is 16.1 Å². The molecule has 1 aromatic heterocycles. The van der Waals surface area contributed by atoms with Crippen LogP contribution >= 0.6 is 0 Å². The molecule has 1 saturated heterocycles. The fourth-order valence-electron chi connectivity index (χ4n) is 2.14. The molecule has 4 N–H and O–H groups in total. The van der Waals surface area contributed by atoms with Gasteiger partial charge in [-0.05, 0) is 13.0 Å². The number of nitrogen functional groups attached to an aromatic ring is 1. The lowest BCUT2D eigenvalue weighted by atomic mass is 10.2. The molecule has 1 aromatic rings. The van der Waals surface area contributed by atoms with Crippen molar-refractivity contribution < 1.29 is 18.3 Å². The zero-order valence-electron chi connectivity index (χ0n) is 11.1. The second-order valence-electron chi connectivity index (χ2n) is 4.59. The van der Waals surface area contributed by atoms with Gasteiger partial charge in [-0.15, -0.1) is 0 Å². The Balaban J connectivity index is 2.34. The highest BCUT2D eigenvalue weighted by atomic mass is 32.2. The molecule has 2 rings (SSSR count). The highest BCUT2D eigenvalue weighted by Crippen LogP contribution is 2.25. The summed E-state index contributed by atoms with van der Waals surface area (Å²) in [5.41, 5.74) is 2.63. The minimum Gasteiger partial charge on any atom is -0.394 e. The molecule has 2 heterocycles. The van der Waals surface area contributed by atoms with E-state index in [4.69, 9.17) is 10.6 Å². The van der Waals surface area contributed by atoms with Crippen molar-refractivity contribution in [3.05, 3.63) is 18.5 Å². The third-order valence-corrected chi connectivity index (χ3v) is 4.91. The van der Waals surface area contributed by atoms with Crippen LogP contribution in [0, 0.1) is 0 Å². The Morgan fingerprint density at radius 2 is 2.35 bits per heavy atom. The Morgan fingerprint density at radius 1 is 1.60 bits per heavy atom. The second-order valence-corrected chi connectivity index (χ2v) is 6.50. The summed E-state index contributed by atoms with van der Waals surface area (Å²) in [5, 5.41) is 9.17. The molecule has 0 amide bonds. The molecule has 9 heteroatoms.